The van der Waals surface area contributed by atoms with Gasteiger partial charge in [0.1, 0.15) is 0 Å². The third-order valence-electron chi connectivity index (χ3n) is 12.8. The van der Waals surface area contributed by atoms with E-state index in [-0.39, 0.29) is 6.04 Å². The number of para-hydroxylation sites is 4. The lowest BCUT2D eigenvalue weighted by Crippen LogP contribution is -2.29. The number of nitrogens with zero attached hydrogens (tertiary/aromatic N) is 3. The van der Waals surface area contributed by atoms with Crippen molar-refractivity contribution in [3.63, 3.8) is 0 Å². The van der Waals surface area contributed by atoms with E-state index in [0.29, 0.717) is 0 Å². The van der Waals surface area contributed by atoms with Crippen molar-refractivity contribution >= 4 is 44.5 Å². The van der Waals surface area contributed by atoms with Gasteiger partial charge in [-0.1, -0.05) is 158 Å². The molecule has 59 heavy (non-hydrogen) atoms. The zero-order chi connectivity index (χ0) is 39.0. The summed E-state index contributed by atoms with van der Waals surface area (Å²) in [6.07, 6.45) is 6.70. The molecule has 0 N–H and O–H groups in total. The van der Waals surface area contributed by atoms with Gasteiger partial charge in [-0.15, -0.1) is 0 Å². The number of rotatable bonds is 5. The molecule has 0 fully saturated rings. The highest BCUT2D eigenvalue weighted by molar-refractivity contribution is 6.09. The van der Waals surface area contributed by atoms with Crippen LogP contribution in [0.5, 0.6) is 0 Å². The summed E-state index contributed by atoms with van der Waals surface area (Å²) in [6.45, 7) is 0. The lowest BCUT2D eigenvalue weighted by Gasteiger charge is -2.39. The van der Waals surface area contributed by atoms with Gasteiger partial charge in [-0.2, -0.15) is 0 Å². The smallest absolute Gasteiger partial charge is 0.0799 e. The molecule has 3 nitrogen and oxygen atoms in total. The van der Waals surface area contributed by atoms with Gasteiger partial charge in [0.25, 0.3) is 0 Å². The average molecular weight is 756 g/mol. The van der Waals surface area contributed by atoms with Crippen molar-refractivity contribution < 1.29 is 0 Å². The van der Waals surface area contributed by atoms with Gasteiger partial charge in [0.05, 0.1) is 22.6 Å². The molecule has 1 aliphatic heterocycles. The van der Waals surface area contributed by atoms with E-state index in [1.165, 1.54) is 99.8 Å². The summed E-state index contributed by atoms with van der Waals surface area (Å²) in [5.74, 6) is 0. The summed E-state index contributed by atoms with van der Waals surface area (Å²) in [5.41, 5.74) is 20.1. The molecule has 0 saturated carbocycles. The Morgan fingerprint density at radius 1 is 0.475 bits per heavy atom. The van der Waals surface area contributed by atoms with Crippen LogP contribution in [0.3, 0.4) is 0 Å². The van der Waals surface area contributed by atoms with Crippen molar-refractivity contribution in [2.75, 3.05) is 11.9 Å². The Labute approximate surface area is 344 Å². The Balaban J connectivity index is 1.05. The number of allylic oxidation sites excluding steroid dienone is 1. The minimum Gasteiger partial charge on any atom is -0.363 e. The Hall–Kier alpha value is -7.36. The van der Waals surface area contributed by atoms with Crippen molar-refractivity contribution in [3.05, 3.63) is 217 Å². The van der Waals surface area contributed by atoms with Crippen molar-refractivity contribution in [2.45, 2.75) is 18.9 Å². The molecule has 0 bridgehead atoms. The molecule has 1 unspecified atom stereocenters. The molecule has 3 heterocycles. The second-order valence-corrected chi connectivity index (χ2v) is 16.1. The van der Waals surface area contributed by atoms with Gasteiger partial charge in [0, 0.05) is 57.1 Å². The number of hydrogen-bond acceptors (Lipinski definition) is 1. The number of aromatic nitrogens is 2. The first kappa shape index (κ1) is 33.7. The molecule has 0 saturated heterocycles. The van der Waals surface area contributed by atoms with Gasteiger partial charge in [-0.3, -0.25) is 0 Å². The number of hydrogen-bond donors (Lipinski definition) is 0. The number of benzene rings is 8. The normalized spacial score (nSPS) is 14.5. The van der Waals surface area contributed by atoms with Gasteiger partial charge in [-0.05, 0) is 94.3 Å². The first-order valence-corrected chi connectivity index (χ1v) is 20.7. The van der Waals surface area contributed by atoms with E-state index in [9.17, 15) is 0 Å². The topological polar surface area (TPSA) is 13.1 Å². The molecular formula is C56H41N3. The number of anilines is 1. The lowest BCUT2D eigenvalue weighted by atomic mass is 9.81. The Kier molecular flexibility index (Phi) is 7.64. The molecule has 2 aliphatic rings. The van der Waals surface area contributed by atoms with Crippen LogP contribution in [-0.2, 0) is 6.42 Å². The van der Waals surface area contributed by atoms with Gasteiger partial charge in [0.2, 0.25) is 0 Å². The molecular weight excluding hydrogens is 715 g/mol. The summed E-state index contributed by atoms with van der Waals surface area (Å²) in [7, 11) is 2.23. The van der Waals surface area contributed by atoms with Crippen LogP contribution < -0.4 is 4.90 Å². The predicted molar refractivity (Wildman–Crippen MR) is 248 cm³/mol. The third kappa shape index (κ3) is 5.21. The van der Waals surface area contributed by atoms with E-state index in [4.69, 9.17) is 0 Å². The quantitative estimate of drug-likeness (QED) is 0.170. The molecule has 1 aliphatic carbocycles. The fourth-order valence-corrected chi connectivity index (χ4v) is 10.2. The monoisotopic (exact) mass is 755 g/mol. The lowest BCUT2D eigenvalue weighted by molar-refractivity contribution is 0.775. The highest BCUT2D eigenvalue weighted by Crippen LogP contribution is 2.50. The van der Waals surface area contributed by atoms with Crippen LogP contribution in [0.2, 0.25) is 0 Å². The molecule has 8 aromatic carbocycles. The molecule has 0 spiro atoms. The summed E-state index contributed by atoms with van der Waals surface area (Å²) >= 11 is 0. The zero-order valence-electron chi connectivity index (χ0n) is 32.9. The largest absolute Gasteiger partial charge is 0.363 e. The predicted octanol–water partition coefficient (Wildman–Crippen LogP) is 14.2. The van der Waals surface area contributed by atoms with E-state index >= 15 is 0 Å². The molecule has 0 radical (unpaired) electrons. The highest BCUT2D eigenvalue weighted by atomic mass is 15.1. The molecule has 12 rings (SSSR count). The van der Waals surface area contributed by atoms with Gasteiger partial charge in [-0.25, -0.2) is 0 Å². The SMILES string of the molecule is CN1c2ccccc2-c2c(-c3ccc(-c4cc(-n5c6c(c7ccccc75)C=CCC6)cc(-n5c6ccccc6c6ccccc65)c4)cc3)cccc2C1c1ccccc1. The van der Waals surface area contributed by atoms with Crippen LogP contribution in [0.4, 0.5) is 5.69 Å². The second-order valence-electron chi connectivity index (χ2n) is 16.1. The van der Waals surface area contributed by atoms with E-state index < -0.39 is 0 Å². The summed E-state index contributed by atoms with van der Waals surface area (Å²) < 4.78 is 4.98. The molecule has 2 aromatic heterocycles. The fourth-order valence-electron chi connectivity index (χ4n) is 10.2. The molecule has 0 amide bonds. The molecule has 3 heteroatoms. The molecule has 10 aromatic rings. The van der Waals surface area contributed by atoms with Crippen molar-refractivity contribution in [1.29, 1.82) is 0 Å². The minimum absolute atomic E-state index is 0.119. The maximum atomic E-state index is 2.53. The standard InChI is InChI=1S/C56H41N3/c1-57-50-25-10-9-22-48(50)55-43(23-15-24-49(55)56(57)39-16-3-2-4-17-39)38-32-30-37(31-33-38)40-34-41(58-51-26-11-5-18-44(51)45-19-6-12-27-52(45)58)36-42(35-40)59-53-28-13-7-20-46(53)47-21-8-14-29-54(47)59/h2-13,15-28,30-36,56H,14,29H2,1H3. The van der Waals surface area contributed by atoms with Crippen LogP contribution in [0.1, 0.15) is 34.8 Å². The second kappa shape index (κ2) is 13.4. The van der Waals surface area contributed by atoms with E-state index in [0.717, 1.165) is 18.5 Å². The number of fused-ring (bicyclic) bond motifs is 9. The van der Waals surface area contributed by atoms with Crippen molar-refractivity contribution in [1.82, 2.24) is 9.13 Å². The summed E-state index contributed by atoms with van der Waals surface area (Å²) in [4.78, 5) is 2.43. The van der Waals surface area contributed by atoms with E-state index in [2.05, 4.69) is 221 Å². The average Bonchev–Trinajstić information content (AvgIpc) is 3.82. The molecule has 280 valence electrons. The maximum Gasteiger partial charge on any atom is 0.0799 e. The maximum absolute atomic E-state index is 2.53. The molecule has 1 atom stereocenters. The van der Waals surface area contributed by atoms with E-state index in [1.54, 1.807) is 0 Å². The summed E-state index contributed by atoms with van der Waals surface area (Å²) in [5, 5.41) is 3.84. The van der Waals surface area contributed by atoms with Gasteiger partial charge in [0.15, 0.2) is 0 Å². The minimum atomic E-state index is 0.119. The van der Waals surface area contributed by atoms with Crippen LogP contribution >= 0.6 is 0 Å². The van der Waals surface area contributed by atoms with Crippen LogP contribution in [-0.4, -0.2) is 16.2 Å². The Bertz CT molecular complexity index is 3240. The van der Waals surface area contributed by atoms with Crippen molar-refractivity contribution in [3.8, 4) is 44.8 Å². The summed E-state index contributed by atoms with van der Waals surface area (Å²) in [6, 6.07) is 69.8. The van der Waals surface area contributed by atoms with Crippen molar-refractivity contribution in [2.24, 2.45) is 0 Å². The van der Waals surface area contributed by atoms with Gasteiger partial charge < -0.3 is 14.0 Å². The van der Waals surface area contributed by atoms with E-state index in [1.807, 2.05) is 0 Å². The Morgan fingerprint density at radius 3 is 1.81 bits per heavy atom. The first-order chi connectivity index (χ1) is 29.2. The van der Waals surface area contributed by atoms with Crippen LogP contribution in [0.25, 0.3) is 83.5 Å². The van der Waals surface area contributed by atoms with Gasteiger partial charge >= 0.3 is 0 Å². The zero-order valence-corrected chi connectivity index (χ0v) is 32.9. The van der Waals surface area contributed by atoms with Crippen LogP contribution in [0.15, 0.2) is 194 Å². The Morgan fingerprint density at radius 2 is 1.07 bits per heavy atom. The first-order valence-electron chi connectivity index (χ1n) is 20.7. The fraction of sp³-hybridized carbons (Fsp3) is 0.0714. The third-order valence-corrected chi connectivity index (χ3v) is 12.8. The van der Waals surface area contributed by atoms with Crippen LogP contribution in [0, 0.1) is 0 Å². The highest BCUT2D eigenvalue weighted by Gasteiger charge is 2.31.